The van der Waals surface area contributed by atoms with Crippen molar-refractivity contribution >= 4 is 25.5 Å². The molecule has 3 atom stereocenters. The highest BCUT2D eigenvalue weighted by Crippen LogP contribution is 2.39. The Labute approximate surface area is 195 Å². The summed E-state index contributed by atoms with van der Waals surface area (Å²) >= 11 is 0. The fourth-order valence-electron chi connectivity index (χ4n) is 3.74. The number of hydrogen-bond donors (Lipinski definition) is 0. The monoisotopic (exact) mass is 468 g/mol. The number of imidazole rings is 1. The van der Waals surface area contributed by atoms with Crippen LogP contribution in [0.15, 0.2) is 43.0 Å². The van der Waals surface area contributed by atoms with Gasteiger partial charge in [-0.3, -0.25) is 9.36 Å². The Bertz CT molecular complexity index is 1130. The Morgan fingerprint density at radius 2 is 1.91 bits per heavy atom. The Hall–Kier alpha value is -2.62. The van der Waals surface area contributed by atoms with E-state index < -0.39 is 14.4 Å². The maximum Gasteiger partial charge on any atom is 0.302 e. The zero-order chi connectivity index (χ0) is 23.8. The van der Waals surface area contributed by atoms with E-state index in [0.717, 1.165) is 11.3 Å². The minimum Gasteiger partial charge on any atom is -0.460 e. The van der Waals surface area contributed by atoms with Crippen LogP contribution < -0.4 is 0 Å². The van der Waals surface area contributed by atoms with E-state index in [1.54, 1.807) is 12.7 Å². The topological polar surface area (TPSA) is 88.4 Å². The minimum atomic E-state index is -1.98. The molecule has 4 rings (SSSR count). The third-order valence-electron chi connectivity index (χ3n) is 6.63. The molecular weight excluding hydrogens is 436 g/mol. The zero-order valence-corrected chi connectivity index (χ0v) is 21.1. The van der Waals surface area contributed by atoms with Crippen molar-refractivity contribution < 1.29 is 18.7 Å². The van der Waals surface area contributed by atoms with Gasteiger partial charge in [0.05, 0.1) is 12.9 Å². The number of hydrogen-bond acceptors (Lipinski definition) is 7. The first kappa shape index (κ1) is 23.5. The van der Waals surface area contributed by atoms with Crippen molar-refractivity contribution in [3.63, 3.8) is 0 Å². The summed E-state index contributed by atoms with van der Waals surface area (Å²) < 4.78 is 20.3. The van der Waals surface area contributed by atoms with Gasteiger partial charge in [-0.2, -0.15) is 0 Å². The summed E-state index contributed by atoms with van der Waals surface area (Å²) in [6, 6.07) is 9.90. The van der Waals surface area contributed by atoms with Crippen molar-refractivity contribution in [2.75, 3.05) is 6.61 Å². The quantitative estimate of drug-likeness (QED) is 0.381. The maximum atomic E-state index is 11.8. The highest BCUT2D eigenvalue weighted by atomic mass is 28.4. The molecule has 3 aromatic rings. The summed E-state index contributed by atoms with van der Waals surface area (Å²) in [7, 11) is -1.98. The lowest BCUT2D eigenvalue weighted by molar-refractivity contribution is -0.150. The molecule has 0 radical (unpaired) electrons. The van der Waals surface area contributed by atoms with Gasteiger partial charge in [-0.15, -0.1) is 0 Å². The maximum absolute atomic E-state index is 11.8. The molecule has 8 nitrogen and oxygen atoms in total. The van der Waals surface area contributed by atoms with Crippen LogP contribution in [0.4, 0.5) is 0 Å². The molecule has 33 heavy (non-hydrogen) atoms. The molecule has 1 aliphatic heterocycles. The number of nitrogens with zero attached hydrogens (tertiary/aromatic N) is 4. The van der Waals surface area contributed by atoms with Crippen LogP contribution in [-0.4, -0.2) is 52.6 Å². The molecule has 0 saturated carbocycles. The van der Waals surface area contributed by atoms with Gasteiger partial charge in [-0.1, -0.05) is 51.1 Å². The van der Waals surface area contributed by atoms with Crippen LogP contribution in [0.3, 0.4) is 0 Å². The molecule has 0 amide bonds. The van der Waals surface area contributed by atoms with Crippen LogP contribution in [0, 0.1) is 0 Å². The van der Waals surface area contributed by atoms with Crippen LogP contribution in [0.5, 0.6) is 0 Å². The van der Waals surface area contributed by atoms with Crippen molar-refractivity contribution in [3.8, 4) is 11.3 Å². The Morgan fingerprint density at radius 3 is 2.58 bits per heavy atom. The lowest BCUT2D eigenvalue weighted by atomic mass is 10.1. The average molecular weight is 469 g/mol. The van der Waals surface area contributed by atoms with E-state index in [0.29, 0.717) is 24.2 Å². The second-order valence-electron chi connectivity index (χ2n) is 10.00. The normalized spacial score (nSPS) is 21.5. The zero-order valence-electron chi connectivity index (χ0n) is 20.1. The minimum absolute atomic E-state index is 0.0766. The average Bonchev–Trinajstić information content (AvgIpc) is 3.35. The van der Waals surface area contributed by atoms with Crippen molar-refractivity contribution in [2.45, 2.75) is 70.7 Å². The molecule has 1 saturated heterocycles. The number of rotatable bonds is 6. The summed E-state index contributed by atoms with van der Waals surface area (Å²) in [5, 5.41) is 0.0766. The van der Waals surface area contributed by atoms with E-state index >= 15 is 0 Å². The number of ether oxygens (including phenoxy) is 2. The highest BCUT2D eigenvalue weighted by molar-refractivity contribution is 6.74. The molecule has 2 aromatic heterocycles. The van der Waals surface area contributed by atoms with E-state index in [2.05, 4.69) is 48.8 Å². The first-order chi connectivity index (χ1) is 15.6. The van der Waals surface area contributed by atoms with Gasteiger partial charge in [-0.05, 0) is 18.1 Å². The fourth-order valence-corrected chi connectivity index (χ4v) is 4.75. The molecule has 0 aliphatic carbocycles. The molecular formula is C24H32N4O4Si. The van der Waals surface area contributed by atoms with Gasteiger partial charge < -0.3 is 13.9 Å². The van der Waals surface area contributed by atoms with Crippen molar-refractivity contribution in [1.29, 1.82) is 0 Å². The Morgan fingerprint density at radius 1 is 1.18 bits per heavy atom. The molecule has 0 spiro atoms. The number of benzene rings is 1. The summed E-state index contributed by atoms with van der Waals surface area (Å²) in [5.74, 6) is -0.328. The van der Waals surface area contributed by atoms with Crippen molar-refractivity contribution in [1.82, 2.24) is 19.5 Å². The smallest absolute Gasteiger partial charge is 0.302 e. The van der Waals surface area contributed by atoms with E-state index in [9.17, 15) is 4.79 Å². The van der Waals surface area contributed by atoms with E-state index in [1.165, 1.54) is 6.92 Å². The van der Waals surface area contributed by atoms with Crippen LogP contribution in [0.2, 0.25) is 18.1 Å². The first-order valence-electron chi connectivity index (χ1n) is 11.3. The number of carbonyl (C=O) groups excluding carboxylic acids is 1. The van der Waals surface area contributed by atoms with Gasteiger partial charge in [-0.25, -0.2) is 15.0 Å². The predicted molar refractivity (Wildman–Crippen MR) is 128 cm³/mol. The largest absolute Gasteiger partial charge is 0.460 e. The molecule has 1 aromatic carbocycles. The first-order valence-corrected chi connectivity index (χ1v) is 14.2. The number of fused-ring (bicyclic) bond motifs is 1. The molecule has 9 heteroatoms. The summed E-state index contributed by atoms with van der Waals surface area (Å²) in [4.78, 5) is 25.3. The van der Waals surface area contributed by atoms with Crippen LogP contribution in [-0.2, 0) is 18.7 Å². The summed E-state index contributed by atoms with van der Waals surface area (Å²) in [6.07, 6.45) is 2.64. The number of esters is 1. The SMILES string of the molecule is CC(=O)O[C@H]1C[C@H](n2cnc3c(-c4ccccc4)ncnc32)O[C@H]1CO[Si](C)(C)C(C)(C)C. The van der Waals surface area contributed by atoms with Crippen LogP contribution in [0.1, 0.15) is 40.3 Å². The van der Waals surface area contributed by atoms with Crippen LogP contribution >= 0.6 is 0 Å². The van der Waals surface area contributed by atoms with E-state index in [4.69, 9.17) is 13.9 Å². The van der Waals surface area contributed by atoms with E-state index in [1.807, 2.05) is 34.9 Å². The molecule has 0 bridgehead atoms. The Kier molecular flexibility index (Phi) is 6.39. The van der Waals surface area contributed by atoms with Crippen molar-refractivity contribution in [2.24, 2.45) is 0 Å². The third kappa shape index (κ3) is 4.85. The highest BCUT2D eigenvalue weighted by Gasteiger charge is 2.43. The lowest BCUT2D eigenvalue weighted by Crippen LogP contribution is -2.44. The Balaban J connectivity index is 1.60. The van der Waals surface area contributed by atoms with Gasteiger partial charge in [0.25, 0.3) is 0 Å². The van der Waals surface area contributed by atoms with Gasteiger partial charge in [0, 0.05) is 18.9 Å². The van der Waals surface area contributed by atoms with Crippen molar-refractivity contribution in [3.05, 3.63) is 43.0 Å². The summed E-state index contributed by atoms with van der Waals surface area (Å²) in [5.41, 5.74) is 3.13. The molecule has 176 valence electrons. The number of carbonyl (C=O) groups is 1. The van der Waals surface area contributed by atoms with Gasteiger partial charge >= 0.3 is 5.97 Å². The third-order valence-corrected chi connectivity index (χ3v) is 11.1. The van der Waals surface area contributed by atoms with Gasteiger partial charge in [0.15, 0.2) is 14.0 Å². The lowest BCUT2D eigenvalue weighted by Gasteiger charge is -2.37. The molecule has 0 N–H and O–H groups in total. The standard InChI is InChI=1S/C24H32N4O4Si/c1-16(29)31-18-12-20(32-19(18)13-30-33(5,6)24(2,3)4)28-15-27-22-21(25-14-26-23(22)28)17-10-8-7-9-11-17/h7-11,14-15,18-20H,12-13H2,1-6H3/t18-,19-,20+/m0/s1. The predicted octanol–water partition coefficient (Wildman–Crippen LogP) is 4.73. The van der Waals surface area contributed by atoms with E-state index in [-0.39, 0.29) is 23.3 Å². The molecule has 1 aliphatic rings. The second kappa shape index (κ2) is 8.96. The van der Waals surface area contributed by atoms with Gasteiger partial charge in [0.1, 0.15) is 36.0 Å². The molecule has 3 heterocycles. The summed E-state index contributed by atoms with van der Waals surface area (Å²) in [6.45, 7) is 12.8. The molecule has 0 unspecified atom stereocenters. The van der Waals surface area contributed by atoms with Crippen LogP contribution in [0.25, 0.3) is 22.4 Å². The fraction of sp³-hybridized carbons (Fsp3) is 0.500. The number of aromatic nitrogens is 4. The molecule has 1 fully saturated rings. The second-order valence-corrected chi connectivity index (χ2v) is 14.8. The van der Waals surface area contributed by atoms with Gasteiger partial charge in [0.2, 0.25) is 0 Å².